The molecule has 0 amide bonds. The molecule has 0 saturated heterocycles. The molecule has 2 heterocycles. The van der Waals surface area contributed by atoms with E-state index in [4.69, 9.17) is 5.73 Å². The smallest absolute Gasteiger partial charge is 0.141 e. The molecule has 1 atom stereocenters. The predicted molar refractivity (Wildman–Crippen MR) is 67.3 cm³/mol. The van der Waals surface area contributed by atoms with Crippen molar-refractivity contribution >= 4 is 0 Å². The van der Waals surface area contributed by atoms with Gasteiger partial charge in [0.25, 0.3) is 0 Å². The van der Waals surface area contributed by atoms with Gasteiger partial charge in [0, 0.05) is 25.9 Å². The summed E-state index contributed by atoms with van der Waals surface area (Å²) in [5.74, 6) is 0.632. The predicted octanol–water partition coefficient (Wildman–Crippen LogP) is 1.76. The lowest BCUT2D eigenvalue weighted by molar-refractivity contribution is 0.430. The topological polar surface area (TPSA) is 56.7 Å². The van der Waals surface area contributed by atoms with Crippen molar-refractivity contribution in [3.8, 4) is 0 Å². The molecule has 0 aliphatic rings. The lowest BCUT2D eigenvalue weighted by atomic mass is 9.92. The number of halogens is 1. The standard InChI is InChI=1S/C13H17FN4/c1-13(15,11-4-3-10(14)9-17-11)6-5-12-16-7-8-18(12)2/h3-4,7-9H,5-6,15H2,1-2H3. The summed E-state index contributed by atoms with van der Waals surface area (Å²) in [6.45, 7) is 1.90. The largest absolute Gasteiger partial charge is 0.338 e. The van der Waals surface area contributed by atoms with E-state index in [-0.39, 0.29) is 5.82 Å². The second-order valence-corrected chi connectivity index (χ2v) is 4.73. The average Bonchev–Trinajstić information content (AvgIpc) is 2.73. The fraction of sp³-hybridized carbons (Fsp3) is 0.385. The summed E-state index contributed by atoms with van der Waals surface area (Å²) >= 11 is 0. The van der Waals surface area contributed by atoms with Crippen LogP contribution in [0.25, 0.3) is 0 Å². The summed E-state index contributed by atoms with van der Waals surface area (Å²) in [5, 5.41) is 0. The Morgan fingerprint density at radius 3 is 2.72 bits per heavy atom. The first-order valence-electron chi connectivity index (χ1n) is 5.86. The van der Waals surface area contributed by atoms with Crippen molar-refractivity contribution in [3.05, 3.63) is 48.1 Å². The maximum absolute atomic E-state index is 12.8. The maximum Gasteiger partial charge on any atom is 0.141 e. The summed E-state index contributed by atoms with van der Waals surface area (Å²) in [6, 6.07) is 3.02. The number of rotatable bonds is 4. The fourth-order valence-electron chi connectivity index (χ4n) is 1.85. The van der Waals surface area contributed by atoms with E-state index in [1.807, 2.05) is 24.7 Å². The van der Waals surface area contributed by atoms with Gasteiger partial charge in [-0.3, -0.25) is 4.98 Å². The number of nitrogens with zero attached hydrogens (tertiary/aromatic N) is 3. The highest BCUT2D eigenvalue weighted by Gasteiger charge is 2.23. The van der Waals surface area contributed by atoms with Crippen molar-refractivity contribution in [1.82, 2.24) is 14.5 Å². The monoisotopic (exact) mass is 248 g/mol. The van der Waals surface area contributed by atoms with E-state index < -0.39 is 5.54 Å². The molecular weight excluding hydrogens is 231 g/mol. The molecule has 0 aromatic carbocycles. The van der Waals surface area contributed by atoms with Crippen LogP contribution < -0.4 is 5.73 Å². The molecule has 0 aliphatic carbocycles. The Bertz CT molecular complexity index is 516. The second-order valence-electron chi connectivity index (χ2n) is 4.73. The van der Waals surface area contributed by atoms with E-state index in [1.54, 1.807) is 12.3 Å². The van der Waals surface area contributed by atoms with Gasteiger partial charge in [0.1, 0.15) is 11.6 Å². The number of aromatic nitrogens is 3. The number of pyridine rings is 1. The van der Waals surface area contributed by atoms with Crippen molar-refractivity contribution in [2.45, 2.75) is 25.3 Å². The number of imidazole rings is 1. The van der Waals surface area contributed by atoms with Crippen molar-refractivity contribution in [3.63, 3.8) is 0 Å². The first kappa shape index (κ1) is 12.7. The molecule has 5 heteroatoms. The quantitative estimate of drug-likeness (QED) is 0.897. The third-order valence-corrected chi connectivity index (χ3v) is 3.10. The van der Waals surface area contributed by atoms with E-state index >= 15 is 0 Å². The van der Waals surface area contributed by atoms with Gasteiger partial charge in [-0.05, 0) is 25.5 Å². The number of nitrogens with two attached hydrogens (primary N) is 1. The fourth-order valence-corrected chi connectivity index (χ4v) is 1.85. The summed E-state index contributed by atoms with van der Waals surface area (Å²) in [6.07, 6.45) is 6.33. The highest BCUT2D eigenvalue weighted by Crippen LogP contribution is 2.21. The first-order valence-corrected chi connectivity index (χ1v) is 5.86. The summed E-state index contributed by atoms with van der Waals surface area (Å²) < 4.78 is 14.8. The van der Waals surface area contributed by atoms with Gasteiger partial charge in [0.2, 0.25) is 0 Å². The van der Waals surface area contributed by atoms with E-state index in [0.29, 0.717) is 12.1 Å². The molecule has 0 radical (unpaired) electrons. The molecule has 1 unspecified atom stereocenters. The first-order chi connectivity index (χ1) is 8.49. The van der Waals surface area contributed by atoms with E-state index in [0.717, 1.165) is 12.2 Å². The van der Waals surface area contributed by atoms with Crippen LogP contribution in [0.15, 0.2) is 30.7 Å². The minimum Gasteiger partial charge on any atom is -0.338 e. The highest BCUT2D eigenvalue weighted by molar-refractivity contribution is 5.15. The molecule has 0 aliphatic heterocycles. The third kappa shape index (κ3) is 2.73. The van der Waals surface area contributed by atoms with Gasteiger partial charge >= 0.3 is 0 Å². The van der Waals surface area contributed by atoms with Crippen LogP contribution in [0.5, 0.6) is 0 Å². The normalized spacial score (nSPS) is 14.4. The van der Waals surface area contributed by atoms with E-state index in [2.05, 4.69) is 9.97 Å². The van der Waals surface area contributed by atoms with Gasteiger partial charge in [0.05, 0.1) is 17.4 Å². The second kappa shape index (κ2) is 4.86. The molecule has 0 saturated carbocycles. The van der Waals surface area contributed by atoms with Gasteiger partial charge < -0.3 is 10.3 Å². The van der Waals surface area contributed by atoms with Crippen LogP contribution in [-0.4, -0.2) is 14.5 Å². The highest BCUT2D eigenvalue weighted by atomic mass is 19.1. The van der Waals surface area contributed by atoms with Crippen LogP contribution in [0.2, 0.25) is 0 Å². The minimum absolute atomic E-state index is 0.348. The van der Waals surface area contributed by atoms with Gasteiger partial charge in [-0.15, -0.1) is 0 Å². The molecule has 2 aromatic rings. The van der Waals surface area contributed by atoms with Crippen LogP contribution in [0, 0.1) is 5.82 Å². The third-order valence-electron chi connectivity index (χ3n) is 3.10. The number of hydrogen-bond acceptors (Lipinski definition) is 3. The van der Waals surface area contributed by atoms with Crippen LogP contribution in [-0.2, 0) is 19.0 Å². The van der Waals surface area contributed by atoms with Gasteiger partial charge in [-0.2, -0.15) is 0 Å². The van der Waals surface area contributed by atoms with Crippen LogP contribution in [0.4, 0.5) is 4.39 Å². The van der Waals surface area contributed by atoms with Gasteiger partial charge in [-0.1, -0.05) is 0 Å². The zero-order chi connectivity index (χ0) is 13.2. The molecule has 4 nitrogen and oxygen atoms in total. The molecule has 96 valence electrons. The van der Waals surface area contributed by atoms with Crippen LogP contribution >= 0.6 is 0 Å². The number of aryl methyl sites for hydroxylation is 2. The van der Waals surface area contributed by atoms with Crippen molar-refractivity contribution in [1.29, 1.82) is 0 Å². The molecule has 0 bridgehead atoms. The molecular formula is C13H17FN4. The number of hydrogen-bond donors (Lipinski definition) is 1. The zero-order valence-electron chi connectivity index (χ0n) is 10.6. The Hall–Kier alpha value is -1.75. The summed E-state index contributed by atoms with van der Waals surface area (Å²) in [5.41, 5.74) is 6.34. The van der Waals surface area contributed by atoms with Crippen molar-refractivity contribution in [2.24, 2.45) is 12.8 Å². The lowest BCUT2D eigenvalue weighted by Crippen LogP contribution is -2.34. The molecule has 2 aromatic heterocycles. The minimum atomic E-state index is -0.584. The Morgan fingerprint density at radius 2 is 2.17 bits per heavy atom. The molecule has 2 N–H and O–H groups in total. The maximum atomic E-state index is 12.8. The Labute approximate surface area is 106 Å². The molecule has 0 fully saturated rings. The Balaban J connectivity index is 2.07. The Morgan fingerprint density at radius 1 is 1.39 bits per heavy atom. The zero-order valence-corrected chi connectivity index (χ0v) is 10.6. The Kier molecular flexibility index (Phi) is 3.43. The molecule has 2 rings (SSSR count). The molecule has 18 heavy (non-hydrogen) atoms. The SMILES string of the molecule is Cn1ccnc1CCC(C)(N)c1ccc(F)cn1. The average molecular weight is 248 g/mol. The summed E-state index contributed by atoms with van der Waals surface area (Å²) in [7, 11) is 1.95. The van der Waals surface area contributed by atoms with Crippen LogP contribution in [0.1, 0.15) is 24.9 Å². The lowest BCUT2D eigenvalue weighted by Gasteiger charge is -2.23. The van der Waals surface area contributed by atoms with Crippen molar-refractivity contribution in [2.75, 3.05) is 0 Å². The summed E-state index contributed by atoms with van der Waals surface area (Å²) in [4.78, 5) is 8.30. The van der Waals surface area contributed by atoms with E-state index in [9.17, 15) is 4.39 Å². The van der Waals surface area contributed by atoms with Crippen molar-refractivity contribution < 1.29 is 4.39 Å². The van der Waals surface area contributed by atoms with E-state index in [1.165, 1.54) is 12.3 Å². The van der Waals surface area contributed by atoms with Crippen LogP contribution in [0.3, 0.4) is 0 Å². The van der Waals surface area contributed by atoms with Gasteiger partial charge in [-0.25, -0.2) is 9.37 Å². The van der Waals surface area contributed by atoms with Gasteiger partial charge in [0.15, 0.2) is 0 Å². The molecule has 0 spiro atoms.